The largest absolute Gasteiger partial charge is 0.737 e. The average molecular weight is 605 g/mol. The Morgan fingerprint density at radius 3 is 2.07 bits per heavy atom. The second-order valence-corrected chi connectivity index (χ2v) is 12.8. The molecular weight excluding hydrogens is 569 g/mol. The van der Waals surface area contributed by atoms with Gasteiger partial charge in [-0.2, -0.15) is 0 Å². The number of allylic oxidation sites excluding steroid dienone is 2. The molecule has 46 heavy (non-hydrogen) atoms. The molecule has 0 unspecified atom stereocenters. The molecule has 8 rings (SSSR count). The van der Waals surface area contributed by atoms with Crippen LogP contribution in [0.15, 0.2) is 95.7 Å². The summed E-state index contributed by atoms with van der Waals surface area (Å²) in [7, 11) is 0. The van der Waals surface area contributed by atoms with Crippen molar-refractivity contribution in [3.8, 4) is 11.8 Å². The molecule has 0 N–H and O–H groups in total. The summed E-state index contributed by atoms with van der Waals surface area (Å²) >= 11 is 0. The molecule has 226 valence electrons. The van der Waals surface area contributed by atoms with Crippen LogP contribution < -0.4 is 0 Å². The topological polar surface area (TPSA) is 7.94 Å². The fourth-order valence-electron chi connectivity index (χ4n) is 8.46. The standard InChI is InChI=1S/C41H35BF2N2/c1-7-34-24(3)40-39(41-25(4)35(8-2)27(6)46(41)42(43,44)45(40)26(34)5)33-16-13-28(14-17-33)12-15-29-18-19-32-21-20-30-10-9-11-31-22-23-36(29)38(32)37(30)31/h9-11,13-14,16-23H,7-8H2,1-6H3. The van der Waals surface area contributed by atoms with E-state index in [9.17, 15) is 0 Å². The zero-order chi connectivity index (χ0) is 32.1. The monoisotopic (exact) mass is 604 g/mol. The molecule has 2 aliphatic heterocycles. The summed E-state index contributed by atoms with van der Waals surface area (Å²) in [5.74, 6) is 6.85. The van der Waals surface area contributed by atoms with Gasteiger partial charge >= 0.3 is 6.97 Å². The first-order valence-corrected chi connectivity index (χ1v) is 16.3. The smallest absolute Gasteiger partial charge is 0.393 e. The summed E-state index contributed by atoms with van der Waals surface area (Å²) in [6.07, 6.45) is 1.42. The van der Waals surface area contributed by atoms with E-state index in [0.29, 0.717) is 35.6 Å². The number of rotatable bonds is 3. The highest BCUT2D eigenvalue weighted by Crippen LogP contribution is 2.47. The molecule has 0 saturated carbocycles. The van der Waals surface area contributed by atoms with Crippen LogP contribution in [0.2, 0.25) is 0 Å². The van der Waals surface area contributed by atoms with Gasteiger partial charge in [0.05, 0.1) is 5.57 Å². The van der Waals surface area contributed by atoms with Crippen LogP contribution in [0.1, 0.15) is 73.3 Å². The van der Waals surface area contributed by atoms with E-state index in [1.807, 2.05) is 53.7 Å². The number of aromatic nitrogens is 1. The average Bonchev–Trinajstić information content (AvgIpc) is 3.47. The van der Waals surface area contributed by atoms with Crippen LogP contribution in [0.5, 0.6) is 0 Å². The molecule has 0 amide bonds. The highest BCUT2D eigenvalue weighted by Gasteiger charge is 2.56. The van der Waals surface area contributed by atoms with Crippen molar-refractivity contribution in [1.82, 2.24) is 4.48 Å². The van der Waals surface area contributed by atoms with Crippen molar-refractivity contribution in [2.75, 3.05) is 0 Å². The SMILES string of the molecule is CCC1=C(C)C2=C(c3ccc(C#Cc4ccc5ccc6cccc7ccc4c5c67)cc3)c3c(C)c(CC)c(C)n3[B-](F)(F)[N+]2=C1C. The van der Waals surface area contributed by atoms with Crippen molar-refractivity contribution in [2.24, 2.45) is 0 Å². The fourth-order valence-corrected chi connectivity index (χ4v) is 8.46. The molecule has 0 atom stereocenters. The Balaban J connectivity index is 1.27. The highest BCUT2D eigenvalue weighted by molar-refractivity contribution is 6.58. The van der Waals surface area contributed by atoms with Crippen molar-refractivity contribution in [2.45, 2.75) is 54.4 Å². The maximum atomic E-state index is 16.6. The first kappa shape index (κ1) is 28.5. The van der Waals surface area contributed by atoms with Crippen molar-refractivity contribution in [1.29, 1.82) is 0 Å². The number of nitrogens with zero attached hydrogens (tertiary/aromatic N) is 2. The fraction of sp³-hybridized carbons (Fsp3) is 0.195. The third-order valence-electron chi connectivity index (χ3n) is 10.5. The molecule has 5 heteroatoms. The number of fused-ring (bicyclic) bond motifs is 2. The van der Waals surface area contributed by atoms with E-state index < -0.39 is 6.97 Å². The molecule has 3 heterocycles. The third kappa shape index (κ3) is 3.74. The van der Waals surface area contributed by atoms with Gasteiger partial charge in [0.2, 0.25) is 0 Å². The lowest BCUT2D eigenvalue weighted by atomic mass is 9.83. The molecule has 0 radical (unpaired) electrons. The van der Waals surface area contributed by atoms with Gasteiger partial charge in [0.15, 0.2) is 5.70 Å². The number of hydrogen-bond acceptors (Lipinski definition) is 0. The first-order chi connectivity index (χ1) is 22.2. The Morgan fingerprint density at radius 2 is 1.39 bits per heavy atom. The molecule has 0 fully saturated rings. The van der Waals surface area contributed by atoms with Crippen LogP contribution in [-0.2, 0) is 6.42 Å². The second-order valence-electron chi connectivity index (χ2n) is 12.8. The van der Waals surface area contributed by atoms with Gasteiger partial charge in [-0.15, -0.1) is 0 Å². The van der Waals surface area contributed by atoms with Gasteiger partial charge < -0.3 is 17.6 Å². The Hall–Kier alpha value is -4.95. The Kier molecular flexibility index (Phi) is 6.22. The quantitative estimate of drug-likeness (QED) is 0.108. The van der Waals surface area contributed by atoms with Crippen LogP contribution in [0, 0.1) is 25.7 Å². The van der Waals surface area contributed by atoms with Crippen molar-refractivity contribution in [3.63, 3.8) is 0 Å². The van der Waals surface area contributed by atoms with Gasteiger partial charge in [-0.1, -0.05) is 86.4 Å². The Labute approximate surface area is 268 Å². The second kappa shape index (κ2) is 10.0. The number of halogens is 2. The minimum atomic E-state index is -4.04. The van der Waals surface area contributed by atoms with Crippen LogP contribution in [0.4, 0.5) is 8.63 Å². The van der Waals surface area contributed by atoms with E-state index in [-0.39, 0.29) is 0 Å². The molecular formula is C41H35BF2N2. The van der Waals surface area contributed by atoms with Crippen LogP contribution in [-0.4, -0.2) is 21.6 Å². The van der Waals surface area contributed by atoms with Gasteiger partial charge in [0.25, 0.3) is 0 Å². The van der Waals surface area contributed by atoms with E-state index in [1.165, 1.54) is 35.9 Å². The molecule has 1 aromatic heterocycles. The normalized spacial score (nSPS) is 15.7. The Bertz CT molecular complexity index is 2430. The van der Waals surface area contributed by atoms with Crippen LogP contribution in [0.25, 0.3) is 37.9 Å². The first-order valence-electron chi connectivity index (χ1n) is 16.3. The third-order valence-corrected chi connectivity index (χ3v) is 10.5. The Morgan fingerprint density at radius 1 is 0.739 bits per heavy atom. The lowest BCUT2D eigenvalue weighted by Crippen LogP contribution is -2.51. The number of benzene rings is 5. The molecule has 0 bridgehead atoms. The summed E-state index contributed by atoms with van der Waals surface area (Å²) < 4.78 is 35.8. The lowest BCUT2D eigenvalue weighted by Gasteiger charge is -2.34. The summed E-state index contributed by atoms with van der Waals surface area (Å²) in [6.45, 7) is 7.75. The van der Waals surface area contributed by atoms with E-state index in [2.05, 4.69) is 78.6 Å². The summed E-state index contributed by atoms with van der Waals surface area (Å²) in [5, 5.41) is 7.38. The molecule has 2 nitrogen and oxygen atoms in total. The zero-order valence-corrected chi connectivity index (χ0v) is 27.1. The van der Waals surface area contributed by atoms with E-state index in [4.69, 9.17) is 0 Å². The molecule has 2 aliphatic rings. The van der Waals surface area contributed by atoms with E-state index >= 15 is 8.63 Å². The van der Waals surface area contributed by atoms with E-state index in [0.717, 1.165) is 49.9 Å². The van der Waals surface area contributed by atoms with Crippen LogP contribution >= 0.6 is 0 Å². The minimum absolute atomic E-state index is 0.641. The lowest BCUT2D eigenvalue weighted by molar-refractivity contribution is -0.363. The maximum absolute atomic E-state index is 16.6. The number of hydrogen-bond donors (Lipinski definition) is 0. The van der Waals surface area contributed by atoms with E-state index in [1.54, 1.807) is 0 Å². The van der Waals surface area contributed by atoms with Crippen molar-refractivity contribution in [3.05, 3.63) is 135 Å². The maximum Gasteiger partial charge on any atom is 0.737 e. The van der Waals surface area contributed by atoms with Gasteiger partial charge in [-0.3, -0.25) is 0 Å². The van der Waals surface area contributed by atoms with Gasteiger partial charge in [0.1, 0.15) is 5.71 Å². The summed E-state index contributed by atoms with van der Waals surface area (Å²) in [4.78, 5) is 0. The highest BCUT2D eigenvalue weighted by atomic mass is 19.2. The summed E-state index contributed by atoms with van der Waals surface area (Å²) in [6, 6.07) is 27.6. The summed E-state index contributed by atoms with van der Waals surface area (Å²) in [5.41, 5.74) is 10.2. The molecule has 6 aromatic rings. The predicted molar refractivity (Wildman–Crippen MR) is 189 cm³/mol. The van der Waals surface area contributed by atoms with Crippen molar-refractivity contribution >= 4 is 50.6 Å². The van der Waals surface area contributed by atoms with Gasteiger partial charge in [-0.05, 0) is 107 Å². The molecule has 0 saturated heterocycles. The zero-order valence-electron chi connectivity index (χ0n) is 27.1. The van der Waals surface area contributed by atoms with Gasteiger partial charge in [-0.25, -0.2) is 0 Å². The predicted octanol–water partition coefficient (Wildman–Crippen LogP) is 10.2. The minimum Gasteiger partial charge on any atom is -0.393 e. The molecule has 5 aromatic carbocycles. The van der Waals surface area contributed by atoms with Gasteiger partial charge in [0, 0.05) is 34.9 Å². The van der Waals surface area contributed by atoms with Crippen LogP contribution in [0.3, 0.4) is 0 Å². The molecule has 0 spiro atoms. The van der Waals surface area contributed by atoms with Crippen molar-refractivity contribution < 1.29 is 13.1 Å². The molecule has 0 aliphatic carbocycles.